The van der Waals surface area contributed by atoms with E-state index in [9.17, 15) is 0 Å². The van der Waals surface area contributed by atoms with Crippen LogP contribution in [0.25, 0.3) is 66.0 Å². The van der Waals surface area contributed by atoms with E-state index < -0.39 is 0 Å². The molecule has 0 N–H and O–H groups in total. The monoisotopic (exact) mass is 443 g/mol. The highest BCUT2D eigenvalue weighted by Crippen LogP contribution is 2.36. The van der Waals surface area contributed by atoms with Gasteiger partial charge < -0.3 is 0 Å². The van der Waals surface area contributed by atoms with Crippen LogP contribution in [0.2, 0.25) is 0 Å². The Balaban J connectivity index is 1.44. The second kappa shape index (κ2) is 7.74. The first-order valence-corrected chi connectivity index (χ1v) is 11.6. The number of fused-ring (bicyclic) bond motifs is 5. The molecule has 0 atom stereocenters. The SMILES string of the molecule is [B]c1ccc2nc(-c3ccc(-c4ccc5ccc6cccnc6c5n4)c4ccccc34)ccc2c1. The molecule has 35 heavy (non-hydrogen) atoms. The molecule has 0 saturated carbocycles. The lowest BCUT2D eigenvalue weighted by atomic mass is 9.93. The van der Waals surface area contributed by atoms with Gasteiger partial charge in [-0.1, -0.05) is 84.3 Å². The van der Waals surface area contributed by atoms with E-state index in [0.717, 1.165) is 71.5 Å². The maximum Gasteiger partial charge on any atom is 0.113 e. The summed E-state index contributed by atoms with van der Waals surface area (Å²) in [5.74, 6) is 0. The molecule has 0 unspecified atom stereocenters. The maximum atomic E-state index is 5.95. The van der Waals surface area contributed by atoms with E-state index in [2.05, 4.69) is 83.8 Å². The highest BCUT2D eigenvalue weighted by molar-refractivity contribution is 6.33. The van der Waals surface area contributed by atoms with Crippen molar-refractivity contribution in [3.63, 3.8) is 0 Å². The fourth-order valence-electron chi connectivity index (χ4n) is 4.91. The Kier molecular flexibility index (Phi) is 4.40. The van der Waals surface area contributed by atoms with Crippen molar-refractivity contribution in [1.29, 1.82) is 0 Å². The largest absolute Gasteiger partial charge is 0.254 e. The van der Waals surface area contributed by atoms with Gasteiger partial charge in [-0.05, 0) is 40.4 Å². The maximum absolute atomic E-state index is 5.95. The third kappa shape index (κ3) is 3.26. The quantitative estimate of drug-likeness (QED) is 0.223. The zero-order valence-corrected chi connectivity index (χ0v) is 18.8. The predicted octanol–water partition coefficient (Wildman–Crippen LogP) is 6.61. The molecule has 0 fully saturated rings. The van der Waals surface area contributed by atoms with Crippen LogP contribution < -0.4 is 5.46 Å². The fraction of sp³-hybridized carbons (Fsp3) is 0. The van der Waals surface area contributed by atoms with Crippen molar-refractivity contribution in [3.05, 3.63) is 109 Å². The zero-order chi connectivity index (χ0) is 23.4. The summed E-state index contributed by atoms with van der Waals surface area (Å²) >= 11 is 0. The Hall–Kier alpha value is -4.57. The lowest BCUT2D eigenvalue weighted by molar-refractivity contribution is 1.37. The Morgan fingerprint density at radius 1 is 0.514 bits per heavy atom. The lowest BCUT2D eigenvalue weighted by Crippen LogP contribution is -2.00. The molecule has 7 rings (SSSR count). The van der Waals surface area contributed by atoms with Gasteiger partial charge in [0.1, 0.15) is 7.85 Å². The van der Waals surface area contributed by atoms with Crippen LogP contribution in [0.3, 0.4) is 0 Å². The van der Waals surface area contributed by atoms with Crippen LogP contribution in [0.15, 0.2) is 109 Å². The van der Waals surface area contributed by atoms with Crippen LogP contribution in [0, 0.1) is 0 Å². The Bertz CT molecular complexity index is 1930. The number of hydrogen-bond donors (Lipinski definition) is 0. The van der Waals surface area contributed by atoms with Crippen molar-refractivity contribution in [1.82, 2.24) is 15.0 Å². The van der Waals surface area contributed by atoms with Gasteiger partial charge in [-0.2, -0.15) is 0 Å². The van der Waals surface area contributed by atoms with E-state index in [1.807, 2.05) is 30.5 Å². The topological polar surface area (TPSA) is 38.7 Å². The Morgan fingerprint density at radius 2 is 1.17 bits per heavy atom. The molecule has 0 amide bonds. The first-order valence-electron chi connectivity index (χ1n) is 11.6. The minimum absolute atomic E-state index is 0.743. The van der Waals surface area contributed by atoms with E-state index in [4.69, 9.17) is 17.8 Å². The van der Waals surface area contributed by atoms with Crippen molar-refractivity contribution in [2.75, 3.05) is 0 Å². The van der Waals surface area contributed by atoms with E-state index >= 15 is 0 Å². The summed E-state index contributed by atoms with van der Waals surface area (Å²) in [4.78, 5) is 14.6. The van der Waals surface area contributed by atoms with Crippen LogP contribution in [0.1, 0.15) is 0 Å². The first-order chi connectivity index (χ1) is 17.2. The van der Waals surface area contributed by atoms with Gasteiger partial charge in [0.05, 0.1) is 27.9 Å². The molecule has 160 valence electrons. The Labute approximate surface area is 203 Å². The smallest absolute Gasteiger partial charge is 0.113 e. The van der Waals surface area contributed by atoms with Gasteiger partial charge in [-0.25, -0.2) is 9.97 Å². The van der Waals surface area contributed by atoms with E-state index in [1.165, 1.54) is 0 Å². The third-order valence-electron chi connectivity index (χ3n) is 6.62. The summed E-state index contributed by atoms with van der Waals surface area (Å²) in [7, 11) is 5.95. The van der Waals surface area contributed by atoms with E-state index in [-0.39, 0.29) is 0 Å². The zero-order valence-electron chi connectivity index (χ0n) is 18.8. The first kappa shape index (κ1) is 19.9. The number of pyridine rings is 3. The van der Waals surface area contributed by atoms with Crippen LogP contribution in [-0.2, 0) is 0 Å². The van der Waals surface area contributed by atoms with E-state index in [0.29, 0.717) is 0 Å². The summed E-state index contributed by atoms with van der Waals surface area (Å²) in [6.45, 7) is 0. The van der Waals surface area contributed by atoms with Crippen molar-refractivity contribution in [3.8, 4) is 22.5 Å². The van der Waals surface area contributed by atoms with Crippen LogP contribution >= 0.6 is 0 Å². The third-order valence-corrected chi connectivity index (χ3v) is 6.62. The molecule has 0 spiro atoms. The summed E-state index contributed by atoms with van der Waals surface area (Å²) in [5.41, 5.74) is 7.57. The van der Waals surface area contributed by atoms with Gasteiger partial charge in [-0.15, -0.1) is 0 Å². The molecule has 4 aromatic carbocycles. The number of aromatic nitrogens is 3. The lowest BCUT2D eigenvalue weighted by Gasteiger charge is -2.12. The molecule has 2 radical (unpaired) electrons. The van der Waals surface area contributed by atoms with Gasteiger partial charge in [-0.3, -0.25) is 4.98 Å². The summed E-state index contributed by atoms with van der Waals surface area (Å²) in [6.07, 6.45) is 1.82. The summed E-state index contributed by atoms with van der Waals surface area (Å²) in [6, 6.07) is 35.2. The van der Waals surface area contributed by atoms with Gasteiger partial charge >= 0.3 is 0 Å². The Morgan fingerprint density at radius 3 is 1.94 bits per heavy atom. The van der Waals surface area contributed by atoms with Crippen molar-refractivity contribution >= 4 is 56.8 Å². The second-order valence-electron chi connectivity index (χ2n) is 8.76. The van der Waals surface area contributed by atoms with Crippen LogP contribution in [-0.4, -0.2) is 22.8 Å². The highest BCUT2D eigenvalue weighted by Gasteiger charge is 2.13. The molecular weight excluding hydrogens is 425 g/mol. The van der Waals surface area contributed by atoms with Crippen molar-refractivity contribution in [2.24, 2.45) is 0 Å². The molecule has 0 aliphatic rings. The summed E-state index contributed by atoms with van der Waals surface area (Å²) < 4.78 is 0. The minimum atomic E-state index is 0.743. The molecular formula is C31H18BN3. The molecule has 0 aliphatic heterocycles. The minimum Gasteiger partial charge on any atom is -0.254 e. The standard InChI is InChI=1S/C31H18BN3/c32-22-11-16-27-21(18-22)10-15-28(34-27)25-12-13-26(24-6-2-1-5-23(24)25)29-14-9-20-8-7-19-4-3-17-33-30(19)31(20)35-29/h1-18H. The molecule has 4 heteroatoms. The highest BCUT2D eigenvalue weighted by atomic mass is 14.8. The number of benzene rings is 4. The molecule has 3 aromatic heterocycles. The number of hydrogen-bond acceptors (Lipinski definition) is 3. The average molecular weight is 443 g/mol. The molecule has 0 saturated heterocycles. The average Bonchev–Trinajstić information content (AvgIpc) is 2.92. The van der Waals surface area contributed by atoms with Gasteiger partial charge in [0.2, 0.25) is 0 Å². The van der Waals surface area contributed by atoms with Gasteiger partial charge in [0.15, 0.2) is 0 Å². The fourth-order valence-corrected chi connectivity index (χ4v) is 4.91. The normalized spacial score (nSPS) is 11.5. The van der Waals surface area contributed by atoms with Gasteiger partial charge in [0, 0.05) is 28.1 Å². The molecule has 7 aromatic rings. The van der Waals surface area contributed by atoms with Crippen molar-refractivity contribution < 1.29 is 0 Å². The molecule has 3 heterocycles. The van der Waals surface area contributed by atoms with Crippen molar-refractivity contribution in [2.45, 2.75) is 0 Å². The number of rotatable bonds is 2. The predicted molar refractivity (Wildman–Crippen MR) is 146 cm³/mol. The van der Waals surface area contributed by atoms with Crippen LogP contribution in [0.5, 0.6) is 0 Å². The molecule has 0 bridgehead atoms. The molecule has 3 nitrogen and oxygen atoms in total. The molecule has 0 aliphatic carbocycles. The summed E-state index contributed by atoms with van der Waals surface area (Å²) in [5, 5.41) is 5.50. The second-order valence-corrected chi connectivity index (χ2v) is 8.76. The number of nitrogens with zero attached hydrogens (tertiary/aromatic N) is 3. The van der Waals surface area contributed by atoms with Gasteiger partial charge in [0.25, 0.3) is 0 Å². The van der Waals surface area contributed by atoms with E-state index in [1.54, 1.807) is 0 Å². The van der Waals surface area contributed by atoms with Crippen LogP contribution in [0.4, 0.5) is 0 Å².